The molecule has 2 aromatic rings. The molecule has 0 aliphatic carbocycles. The van der Waals surface area contributed by atoms with Gasteiger partial charge in [0.15, 0.2) is 5.78 Å². The number of ether oxygens (including phenoxy) is 2. The van der Waals surface area contributed by atoms with Gasteiger partial charge in [-0.15, -0.1) is 0 Å². The lowest BCUT2D eigenvalue weighted by Gasteiger charge is -2.22. The van der Waals surface area contributed by atoms with Gasteiger partial charge in [0.1, 0.15) is 17.1 Å². The Balaban J connectivity index is 0.000000597. The molecule has 2 N–H and O–H groups in total. The molecule has 142 valence electrons. The fourth-order valence-corrected chi connectivity index (χ4v) is 2.32. The molecule has 0 aliphatic rings. The van der Waals surface area contributed by atoms with Crippen molar-refractivity contribution in [3.05, 3.63) is 59.7 Å². The van der Waals surface area contributed by atoms with Crippen LogP contribution in [0.1, 0.15) is 36.7 Å². The molecule has 1 unspecified atom stereocenters. The number of carbonyl (C=O) groups excluding carboxylic acids is 1. The maximum Gasteiger partial charge on any atom is 0.198 e. The minimum atomic E-state index is -1.60. The third-order valence-electron chi connectivity index (χ3n) is 3.95. The molecule has 26 heavy (non-hydrogen) atoms. The first kappa shape index (κ1) is 21.7. The second kappa shape index (κ2) is 10.6. The Kier molecular flexibility index (Phi) is 8.82. The van der Waals surface area contributed by atoms with Crippen LogP contribution in [-0.2, 0) is 5.60 Å². The maximum absolute atomic E-state index is 12.5. The van der Waals surface area contributed by atoms with E-state index in [1.54, 1.807) is 62.8 Å². The molecule has 5 heteroatoms. The summed E-state index contributed by atoms with van der Waals surface area (Å²) in [6, 6.07) is 13.4. The molecule has 0 bridgehead atoms. The Morgan fingerprint density at radius 2 is 1.35 bits per heavy atom. The van der Waals surface area contributed by atoms with E-state index in [9.17, 15) is 9.90 Å². The monoisotopic (exact) mass is 359 g/mol. The molecule has 0 fully saturated rings. The van der Waals surface area contributed by atoms with Crippen molar-refractivity contribution in [1.82, 2.24) is 5.32 Å². The van der Waals surface area contributed by atoms with Crippen LogP contribution in [-0.4, -0.2) is 38.2 Å². The number of aliphatic hydroxyl groups is 1. The van der Waals surface area contributed by atoms with Crippen LogP contribution in [0.15, 0.2) is 48.5 Å². The van der Waals surface area contributed by atoms with Crippen molar-refractivity contribution in [3.8, 4) is 11.5 Å². The lowest BCUT2D eigenvalue weighted by atomic mass is 9.87. The van der Waals surface area contributed by atoms with E-state index in [2.05, 4.69) is 19.2 Å². The van der Waals surface area contributed by atoms with Gasteiger partial charge >= 0.3 is 0 Å². The van der Waals surface area contributed by atoms with Crippen LogP contribution in [0.2, 0.25) is 0 Å². The van der Waals surface area contributed by atoms with Gasteiger partial charge in [-0.1, -0.05) is 26.0 Å². The van der Waals surface area contributed by atoms with Crippen molar-refractivity contribution in [3.63, 3.8) is 0 Å². The standard InChI is InChI=1S/C17H18O4.C4H11N/c1-17(19,13-6-10-15(21-3)11-7-13)16(18)12-4-8-14(20-2)9-5-12;1-3-5-4-2/h4-11,19H,1-3H3;5H,3-4H2,1-2H3. The highest BCUT2D eigenvalue weighted by Crippen LogP contribution is 2.27. The molecule has 0 spiro atoms. The minimum Gasteiger partial charge on any atom is -0.497 e. The normalized spacial score (nSPS) is 12.4. The molecule has 1 atom stereocenters. The van der Waals surface area contributed by atoms with E-state index in [-0.39, 0.29) is 5.78 Å². The smallest absolute Gasteiger partial charge is 0.198 e. The molecule has 0 amide bonds. The third kappa shape index (κ3) is 5.86. The van der Waals surface area contributed by atoms with Gasteiger partial charge in [0.05, 0.1) is 14.2 Å². The van der Waals surface area contributed by atoms with Crippen molar-refractivity contribution in [2.75, 3.05) is 27.3 Å². The summed E-state index contributed by atoms with van der Waals surface area (Å²) in [5.41, 5.74) is -0.651. The summed E-state index contributed by atoms with van der Waals surface area (Å²) < 4.78 is 10.1. The van der Waals surface area contributed by atoms with Crippen molar-refractivity contribution in [1.29, 1.82) is 0 Å². The summed E-state index contributed by atoms with van der Waals surface area (Å²) in [6.45, 7) is 7.88. The minimum absolute atomic E-state index is 0.365. The van der Waals surface area contributed by atoms with Gasteiger partial charge in [0, 0.05) is 5.56 Å². The summed E-state index contributed by atoms with van der Waals surface area (Å²) in [5, 5.41) is 13.7. The first-order valence-corrected chi connectivity index (χ1v) is 8.67. The topological polar surface area (TPSA) is 67.8 Å². The molecule has 0 heterocycles. The fraction of sp³-hybridized carbons (Fsp3) is 0.381. The number of benzene rings is 2. The van der Waals surface area contributed by atoms with Crippen molar-refractivity contribution < 1.29 is 19.4 Å². The summed E-state index contributed by atoms with van der Waals surface area (Å²) in [7, 11) is 3.13. The van der Waals surface area contributed by atoms with E-state index in [4.69, 9.17) is 9.47 Å². The molecule has 0 saturated heterocycles. The molecular formula is C21H29NO4. The van der Waals surface area contributed by atoms with Gasteiger partial charge in [0.2, 0.25) is 0 Å². The van der Waals surface area contributed by atoms with Crippen molar-refractivity contribution in [2.24, 2.45) is 0 Å². The van der Waals surface area contributed by atoms with Gasteiger partial charge in [-0.25, -0.2) is 0 Å². The average Bonchev–Trinajstić information content (AvgIpc) is 2.68. The number of Topliss-reactive ketones (excluding diaryl/α,β-unsaturated/α-hetero) is 1. The van der Waals surface area contributed by atoms with Crippen LogP contribution in [0.25, 0.3) is 0 Å². The van der Waals surface area contributed by atoms with E-state index in [0.29, 0.717) is 22.6 Å². The number of ketones is 1. The Labute approximate surface area is 156 Å². The van der Waals surface area contributed by atoms with Crippen molar-refractivity contribution >= 4 is 5.78 Å². The number of carbonyl (C=O) groups is 1. The van der Waals surface area contributed by atoms with E-state index in [1.807, 2.05) is 0 Å². The van der Waals surface area contributed by atoms with Gasteiger partial charge in [-0.05, 0) is 62.0 Å². The van der Waals surface area contributed by atoms with Crippen molar-refractivity contribution in [2.45, 2.75) is 26.4 Å². The maximum atomic E-state index is 12.5. The Bertz CT molecular complexity index is 661. The van der Waals surface area contributed by atoms with E-state index in [1.165, 1.54) is 6.92 Å². The molecule has 0 aromatic heterocycles. The summed E-state index contributed by atoms with van der Waals surface area (Å²) >= 11 is 0. The lowest BCUT2D eigenvalue weighted by Crippen LogP contribution is -2.32. The Hall–Kier alpha value is -2.37. The predicted molar refractivity (Wildman–Crippen MR) is 104 cm³/mol. The average molecular weight is 359 g/mol. The zero-order valence-corrected chi connectivity index (χ0v) is 16.2. The van der Waals surface area contributed by atoms with Crippen LogP contribution in [0.5, 0.6) is 11.5 Å². The highest BCUT2D eigenvalue weighted by atomic mass is 16.5. The first-order valence-electron chi connectivity index (χ1n) is 8.67. The Morgan fingerprint density at radius 1 is 0.923 bits per heavy atom. The van der Waals surface area contributed by atoms with Gasteiger partial charge in [-0.2, -0.15) is 0 Å². The van der Waals surface area contributed by atoms with Crippen LogP contribution >= 0.6 is 0 Å². The molecule has 2 rings (SSSR count). The van der Waals surface area contributed by atoms with Crippen LogP contribution in [0.4, 0.5) is 0 Å². The van der Waals surface area contributed by atoms with E-state index in [0.717, 1.165) is 13.1 Å². The zero-order chi connectivity index (χ0) is 19.6. The molecule has 2 aromatic carbocycles. The summed E-state index contributed by atoms with van der Waals surface area (Å²) in [5.74, 6) is 0.970. The SMILES string of the molecule is CCNCC.COc1ccc(C(=O)C(C)(O)c2ccc(OC)cc2)cc1. The van der Waals surface area contributed by atoms with Gasteiger partial charge in [-0.3, -0.25) is 4.79 Å². The van der Waals surface area contributed by atoms with Crippen LogP contribution in [0.3, 0.4) is 0 Å². The van der Waals surface area contributed by atoms with E-state index >= 15 is 0 Å². The molecule has 0 aliphatic heterocycles. The number of hydrogen-bond donors (Lipinski definition) is 2. The molecule has 5 nitrogen and oxygen atoms in total. The number of hydrogen-bond acceptors (Lipinski definition) is 5. The van der Waals surface area contributed by atoms with E-state index < -0.39 is 5.60 Å². The molecular weight excluding hydrogens is 330 g/mol. The summed E-state index contributed by atoms with van der Waals surface area (Å²) in [4.78, 5) is 12.5. The Morgan fingerprint density at radius 3 is 1.69 bits per heavy atom. The number of nitrogens with one attached hydrogen (secondary N) is 1. The zero-order valence-electron chi connectivity index (χ0n) is 16.2. The first-order chi connectivity index (χ1) is 12.4. The molecule has 0 radical (unpaired) electrons. The van der Waals surface area contributed by atoms with Crippen LogP contribution < -0.4 is 14.8 Å². The second-order valence-corrected chi connectivity index (χ2v) is 5.82. The van der Waals surface area contributed by atoms with Gasteiger partial charge < -0.3 is 19.9 Å². The quantitative estimate of drug-likeness (QED) is 0.742. The second-order valence-electron chi connectivity index (χ2n) is 5.82. The highest BCUT2D eigenvalue weighted by molar-refractivity contribution is 6.02. The summed E-state index contributed by atoms with van der Waals surface area (Å²) in [6.07, 6.45) is 0. The van der Waals surface area contributed by atoms with Gasteiger partial charge in [0.25, 0.3) is 0 Å². The third-order valence-corrected chi connectivity index (χ3v) is 3.95. The molecule has 0 saturated carbocycles. The highest BCUT2D eigenvalue weighted by Gasteiger charge is 2.33. The largest absolute Gasteiger partial charge is 0.497 e. The number of rotatable bonds is 7. The fourth-order valence-electron chi connectivity index (χ4n) is 2.32. The number of methoxy groups -OCH3 is 2. The lowest BCUT2D eigenvalue weighted by molar-refractivity contribution is 0.0392. The predicted octanol–water partition coefficient (Wildman–Crippen LogP) is 3.41. The van der Waals surface area contributed by atoms with Crippen LogP contribution in [0, 0.1) is 0 Å².